The summed E-state index contributed by atoms with van der Waals surface area (Å²) < 4.78 is 50.0. The molecule has 1 saturated heterocycles. The molecule has 150 valence electrons. The van der Waals surface area contributed by atoms with Crippen molar-refractivity contribution in [1.29, 1.82) is 0 Å². The second kappa shape index (κ2) is 8.06. The topological polar surface area (TPSA) is 67.9 Å². The highest BCUT2D eigenvalue weighted by atomic mass is 19.4. The molecule has 0 saturated carbocycles. The van der Waals surface area contributed by atoms with Gasteiger partial charge in [0.1, 0.15) is 12.2 Å². The van der Waals surface area contributed by atoms with Crippen molar-refractivity contribution in [2.45, 2.75) is 45.2 Å². The molecule has 1 N–H and O–H groups in total. The molecule has 2 rings (SSSR count). The van der Waals surface area contributed by atoms with Gasteiger partial charge in [0.15, 0.2) is 0 Å². The lowest BCUT2D eigenvalue weighted by Gasteiger charge is -2.24. The molecule has 6 nitrogen and oxygen atoms in total. The van der Waals surface area contributed by atoms with Crippen molar-refractivity contribution in [3.63, 3.8) is 0 Å². The lowest BCUT2D eigenvalue weighted by atomic mass is 10.0. The SMILES string of the molecule is CC(C)(C)OC(=O)N1C[C@@H](C(F)(F)F)[C@H](NC(=O)OCc2ccccc2)C1. The van der Waals surface area contributed by atoms with Crippen molar-refractivity contribution >= 4 is 12.2 Å². The van der Waals surface area contributed by atoms with Gasteiger partial charge in [-0.3, -0.25) is 0 Å². The number of likely N-dealkylation sites (tertiary alicyclic amines) is 1. The van der Waals surface area contributed by atoms with E-state index in [1.54, 1.807) is 51.1 Å². The summed E-state index contributed by atoms with van der Waals surface area (Å²) in [6.45, 7) is 3.92. The third-order valence-electron chi connectivity index (χ3n) is 3.91. The quantitative estimate of drug-likeness (QED) is 0.857. The molecule has 2 amide bonds. The van der Waals surface area contributed by atoms with E-state index in [0.717, 1.165) is 4.90 Å². The van der Waals surface area contributed by atoms with Gasteiger partial charge in [-0.15, -0.1) is 0 Å². The van der Waals surface area contributed by atoms with E-state index in [2.05, 4.69) is 5.32 Å². The number of ether oxygens (including phenoxy) is 2. The van der Waals surface area contributed by atoms with E-state index in [-0.39, 0.29) is 13.2 Å². The Morgan fingerprint density at radius 2 is 1.78 bits per heavy atom. The number of alkyl carbamates (subject to hydrolysis) is 1. The second-order valence-electron chi connectivity index (χ2n) is 7.35. The number of benzene rings is 1. The molecule has 0 aromatic heterocycles. The molecule has 9 heteroatoms. The lowest BCUT2D eigenvalue weighted by Crippen LogP contribution is -2.45. The number of hydrogen-bond acceptors (Lipinski definition) is 4. The number of rotatable bonds is 3. The fraction of sp³-hybridized carbons (Fsp3) is 0.556. The van der Waals surface area contributed by atoms with E-state index in [1.807, 2.05) is 0 Å². The van der Waals surface area contributed by atoms with Gasteiger partial charge < -0.3 is 19.7 Å². The Morgan fingerprint density at radius 1 is 1.15 bits per heavy atom. The van der Waals surface area contributed by atoms with Gasteiger partial charge >= 0.3 is 18.4 Å². The van der Waals surface area contributed by atoms with Crippen molar-refractivity contribution < 1.29 is 32.2 Å². The standard InChI is InChI=1S/C18H23F3N2O4/c1-17(2,3)27-16(25)23-9-13(18(19,20)21)14(10-23)22-15(24)26-11-12-7-5-4-6-8-12/h4-8,13-14H,9-11H2,1-3H3,(H,22,24)/t13-,14-/m1/s1. The molecule has 1 heterocycles. The summed E-state index contributed by atoms with van der Waals surface area (Å²) in [6, 6.07) is 7.46. The van der Waals surface area contributed by atoms with Crippen molar-refractivity contribution in [3.8, 4) is 0 Å². The van der Waals surface area contributed by atoms with Crippen molar-refractivity contribution in [2.75, 3.05) is 13.1 Å². The maximum absolute atomic E-state index is 13.3. The molecule has 0 radical (unpaired) electrons. The molecule has 1 aliphatic rings. The predicted molar refractivity (Wildman–Crippen MR) is 90.9 cm³/mol. The summed E-state index contributed by atoms with van der Waals surface area (Å²) in [6.07, 6.45) is -6.39. The van der Waals surface area contributed by atoms with Crippen LogP contribution in [0.3, 0.4) is 0 Å². The van der Waals surface area contributed by atoms with E-state index in [4.69, 9.17) is 9.47 Å². The molecule has 0 aliphatic carbocycles. The fourth-order valence-electron chi connectivity index (χ4n) is 2.67. The van der Waals surface area contributed by atoms with Crippen LogP contribution >= 0.6 is 0 Å². The number of nitrogens with one attached hydrogen (secondary N) is 1. The van der Waals surface area contributed by atoms with Crippen LogP contribution in [0.2, 0.25) is 0 Å². The largest absolute Gasteiger partial charge is 0.445 e. The smallest absolute Gasteiger partial charge is 0.410 e. The zero-order valence-corrected chi connectivity index (χ0v) is 15.4. The number of hydrogen-bond donors (Lipinski definition) is 1. The predicted octanol–water partition coefficient (Wildman–Crippen LogP) is 3.71. The average Bonchev–Trinajstić information content (AvgIpc) is 2.96. The van der Waals surface area contributed by atoms with E-state index in [1.165, 1.54) is 0 Å². The Labute approximate surface area is 155 Å². The first-order valence-corrected chi connectivity index (χ1v) is 8.47. The molecular formula is C18H23F3N2O4. The molecule has 0 spiro atoms. The third kappa shape index (κ3) is 6.33. The van der Waals surface area contributed by atoms with Gasteiger partial charge in [0, 0.05) is 13.1 Å². The molecule has 1 aromatic rings. The Balaban J connectivity index is 1.97. The fourth-order valence-corrected chi connectivity index (χ4v) is 2.67. The van der Waals surface area contributed by atoms with Crippen LogP contribution in [0.15, 0.2) is 30.3 Å². The van der Waals surface area contributed by atoms with E-state index < -0.39 is 42.5 Å². The Hall–Kier alpha value is -2.45. The highest BCUT2D eigenvalue weighted by molar-refractivity contribution is 5.70. The van der Waals surface area contributed by atoms with Gasteiger partial charge in [-0.1, -0.05) is 30.3 Å². The van der Waals surface area contributed by atoms with Crippen molar-refractivity contribution in [2.24, 2.45) is 5.92 Å². The first-order chi connectivity index (χ1) is 12.5. The first kappa shape index (κ1) is 20.9. The van der Waals surface area contributed by atoms with Crippen LogP contribution in [0.25, 0.3) is 0 Å². The van der Waals surface area contributed by atoms with Crippen molar-refractivity contribution in [3.05, 3.63) is 35.9 Å². The van der Waals surface area contributed by atoms with E-state index >= 15 is 0 Å². The Morgan fingerprint density at radius 3 is 2.33 bits per heavy atom. The van der Waals surface area contributed by atoms with E-state index in [9.17, 15) is 22.8 Å². The zero-order valence-electron chi connectivity index (χ0n) is 15.4. The summed E-state index contributed by atoms with van der Waals surface area (Å²) in [5.74, 6) is -1.89. The van der Waals surface area contributed by atoms with Gasteiger partial charge in [-0.05, 0) is 26.3 Å². The van der Waals surface area contributed by atoms with E-state index in [0.29, 0.717) is 5.56 Å². The maximum atomic E-state index is 13.3. The van der Waals surface area contributed by atoms with Gasteiger partial charge in [-0.2, -0.15) is 13.2 Å². The molecule has 2 atom stereocenters. The van der Waals surface area contributed by atoms with Crippen LogP contribution in [0, 0.1) is 5.92 Å². The Kier molecular flexibility index (Phi) is 6.22. The van der Waals surface area contributed by atoms with Crippen molar-refractivity contribution in [1.82, 2.24) is 10.2 Å². The normalized spacial score (nSPS) is 20.3. The minimum absolute atomic E-state index is 0.0636. The summed E-state index contributed by atoms with van der Waals surface area (Å²) in [7, 11) is 0. The number of nitrogens with zero attached hydrogens (tertiary/aromatic N) is 1. The second-order valence-corrected chi connectivity index (χ2v) is 7.35. The first-order valence-electron chi connectivity index (χ1n) is 8.47. The third-order valence-corrected chi connectivity index (χ3v) is 3.91. The van der Waals surface area contributed by atoms with Gasteiger partial charge in [-0.25, -0.2) is 9.59 Å². The average molecular weight is 388 g/mol. The van der Waals surface area contributed by atoms with Crippen LogP contribution in [0.5, 0.6) is 0 Å². The summed E-state index contributed by atoms with van der Waals surface area (Å²) in [5, 5.41) is 2.22. The van der Waals surface area contributed by atoms with Crippen LogP contribution in [-0.2, 0) is 16.1 Å². The molecular weight excluding hydrogens is 365 g/mol. The minimum atomic E-state index is -4.58. The zero-order chi connectivity index (χ0) is 20.2. The highest BCUT2D eigenvalue weighted by Crippen LogP contribution is 2.34. The number of carbonyl (C=O) groups is 2. The number of amides is 2. The molecule has 1 aromatic carbocycles. The van der Waals surface area contributed by atoms with Gasteiger partial charge in [0.05, 0.1) is 12.0 Å². The molecule has 0 bridgehead atoms. The van der Waals surface area contributed by atoms with Gasteiger partial charge in [0.2, 0.25) is 0 Å². The molecule has 0 unspecified atom stereocenters. The minimum Gasteiger partial charge on any atom is -0.445 e. The summed E-state index contributed by atoms with van der Waals surface area (Å²) >= 11 is 0. The molecule has 1 aliphatic heterocycles. The lowest BCUT2D eigenvalue weighted by molar-refractivity contribution is -0.174. The summed E-state index contributed by atoms with van der Waals surface area (Å²) in [4.78, 5) is 24.9. The number of halogens is 3. The van der Waals surface area contributed by atoms with Crippen LogP contribution in [-0.4, -0.2) is 48.0 Å². The Bertz CT molecular complexity index is 659. The highest BCUT2D eigenvalue weighted by Gasteiger charge is 2.52. The van der Waals surface area contributed by atoms with Gasteiger partial charge in [0.25, 0.3) is 0 Å². The van der Waals surface area contributed by atoms with Crippen LogP contribution < -0.4 is 5.32 Å². The monoisotopic (exact) mass is 388 g/mol. The number of carbonyl (C=O) groups excluding carboxylic acids is 2. The number of alkyl halides is 3. The molecule has 1 fully saturated rings. The summed E-state index contributed by atoms with van der Waals surface area (Å²) in [5.41, 5.74) is -0.118. The maximum Gasteiger partial charge on any atom is 0.410 e. The van der Waals surface area contributed by atoms with Crippen LogP contribution in [0.1, 0.15) is 26.3 Å². The van der Waals surface area contributed by atoms with Crippen LogP contribution in [0.4, 0.5) is 22.8 Å². The molecule has 27 heavy (non-hydrogen) atoms.